The Morgan fingerprint density at radius 2 is 1.90 bits per heavy atom. The molecule has 0 amide bonds. The van der Waals surface area contributed by atoms with E-state index in [1.807, 2.05) is 27.0 Å². The van der Waals surface area contributed by atoms with Crippen molar-refractivity contribution < 1.29 is 4.52 Å². The minimum atomic E-state index is -0.119. The molecule has 2 rings (SSSR count). The second-order valence-electron chi connectivity index (χ2n) is 7.27. The largest absolute Gasteiger partial charge is 0.337 e. The van der Waals surface area contributed by atoms with Crippen molar-refractivity contribution in [3.8, 4) is 0 Å². The monoisotopic (exact) mass is 292 g/mol. The molecular weight excluding hydrogens is 268 g/mol. The van der Waals surface area contributed by atoms with Gasteiger partial charge in [0.05, 0.1) is 11.9 Å². The van der Waals surface area contributed by atoms with Gasteiger partial charge in [-0.25, -0.2) is 4.68 Å². The maximum absolute atomic E-state index is 5.25. The third-order valence-corrected chi connectivity index (χ3v) is 2.82. The van der Waals surface area contributed by atoms with E-state index < -0.39 is 0 Å². The Hall–Kier alpha value is -1.76. The summed E-state index contributed by atoms with van der Waals surface area (Å²) in [7, 11) is 0. The molecule has 1 N–H and O–H groups in total. The van der Waals surface area contributed by atoms with Gasteiger partial charge in [-0.15, -0.1) is 5.10 Å². The fourth-order valence-electron chi connectivity index (χ4n) is 1.61. The van der Waals surface area contributed by atoms with E-state index in [9.17, 15) is 0 Å². The molecule has 0 radical (unpaired) electrons. The average Bonchev–Trinajstić information content (AvgIpc) is 2.94. The zero-order chi connectivity index (χ0) is 15.7. The zero-order valence-corrected chi connectivity index (χ0v) is 13.6. The normalized spacial score (nSPS) is 12.9. The van der Waals surface area contributed by atoms with Crippen molar-refractivity contribution >= 4 is 0 Å². The highest BCUT2D eigenvalue weighted by Crippen LogP contribution is 2.18. The summed E-state index contributed by atoms with van der Waals surface area (Å²) in [4.78, 5) is 4.39. The molecule has 0 unspecified atom stereocenters. The minimum absolute atomic E-state index is 0.0534. The van der Waals surface area contributed by atoms with Crippen LogP contribution in [0.15, 0.2) is 10.7 Å². The summed E-state index contributed by atoms with van der Waals surface area (Å²) in [5.74, 6) is 1.24. The van der Waals surface area contributed by atoms with Gasteiger partial charge >= 0.3 is 0 Å². The molecule has 7 nitrogen and oxygen atoms in total. The van der Waals surface area contributed by atoms with E-state index in [-0.39, 0.29) is 11.0 Å². The molecule has 0 aliphatic rings. The molecule has 0 bridgehead atoms. The van der Waals surface area contributed by atoms with Crippen LogP contribution in [0.3, 0.4) is 0 Å². The first kappa shape index (κ1) is 15.6. The molecule has 0 spiro atoms. The van der Waals surface area contributed by atoms with Gasteiger partial charge in [0.1, 0.15) is 6.54 Å². The van der Waals surface area contributed by atoms with Crippen LogP contribution in [0.4, 0.5) is 0 Å². The van der Waals surface area contributed by atoms with Crippen LogP contribution in [0.25, 0.3) is 0 Å². The zero-order valence-electron chi connectivity index (χ0n) is 13.6. The second kappa shape index (κ2) is 5.55. The lowest BCUT2D eigenvalue weighted by Gasteiger charge is -2.19. The van der Waals surface area contributed by atoms with Crippen LogP contribution in [0.5, 0.6) is 0 Å². The van der Waals surface area contributed by atoms with Gasteiger partial charge in [0.15, 0.2) is 5.82 Å². The Labute approximate surface area is 125 Å². The van der Waals surface area contributed by atoms with Crippen LogP contribution in [0.1, 0.15) is 59.0 Å². The number of hydrogen-bond donors (Lipinski definition) is 1. The van der Waals surface area contributed by atoms with E-state index in [2.05, 4.69) is 46.5 Å². The lowest BCUT2D eigenvalue weighted by atomic mass is 9.96. The molecule has 0 aliphatic carbocycles. The topological polar surface area (TPSA) is 81.7 Å². The molecule has 7 heteroatoms. The van der Waals surface area contributed by atoms with Gasteiger partial charge in [0.2, 0.25) is 5.89 Å². The van der Waals surface area contributed by atoms with Crippen LogP contribution in [0, 0.1) is 0 Å². The highest BCUT2D eigenvalue weighted by atomic mass is 16.5. The minimum Gasteiger partial charge on any atom is -0.337 e. The fourth-order valence-corrected chi connectivity index (χ4v) is 1.61. The summed E-state index contributed by atoms with van der Waals surface area (Å²) in [6.45, 7) is 13.6. The van der Waals surface area contributed by atoms with Gasteiger partial charge in [0.25, 0.3) is 0 Å². The van der Waals surface area contributed by atoms with E-state index >= 15 is 0 Å². The number of rotatable bonds is 4. The van der Waals surface area contributed by atoms with Crippen molar-refractivity contribution in [2.75, 3.05) is 0 Å². The van der Waals surface area contributed by atoms with Gasteiger partial charge in [-0.05, 0) is 20.8 Å². The van der Waals surface area contributed by atoms with Crippen LogP contribution in [-0.2, 0) is 18.5 Å². The average molecular weight is 292 g/mol. The quantitative estimate of drug-likeness (QED) is 0.926. The molecule has 0 aromatic carbocycles. The predicted octanol–water partition coefficient (Wildman–Crippen LogP) is 1.89. The molecule has 21 heavy (non-hydrogen) atoms. The molecule has 2 aromatic rings. The van der Waals surface area contributed by atoms with Gasteiger partial charge < -0.3 is 9.84 Å². The molecule has 0 saturated carbocycles. The Balaban J connectivity index is 1.98. The van der Waals surface area contributed by atoms with E-state index in [0.717, 1.165) is 5.69 Å². The Bertz CT molecular complexity index is 587. The van der Waals surface area contributed by atoms with Crippen molar-refractivity contribution in [3.05, 3.63) is 23.6 Å². The first-order valence-corrected chi connectivity index (χ1v) is 7.10. The summed E-state index contributed by atoms with van der Waals surface area (Å²) in [5.41, 5.74) is 0.824. The first-order chi connectivity index (χ1) is 9.63. The van der Waals surface area contributed by atoms with E-state index in [1.54, 1.807) is 4.68 Å². The lowest BCUT2D eigenvalue weighted by molar-refractivity contribution is 0.352. The van der Waals surface area contributed by atoms with Crippen LogP contribution in [0.2, 0.25) is 0 Å². The molecule has 2 aromatic heterocycles. The summed E-state index contributed by atoms with van der Waals surface area (Å²) >= 11 is 0. The van der Waals surface area contributed by atoms with Crippen molar-refractivity contribution in [1.82, 2.24) is 30.5 Å². The number of aromatic nitrogens is 5. The molecule has 0 aliphatic heterocycles. The van der Waals surface area contributed by atoms with Crippen molar-refractivity contribution in [2.45, 2.75) is 65.6 Å². The van der Waals surface area contributed by atoms with Gasteiger partial charge in [-0.3, -0.25) is 0 Å². The maximum Gasteiger partial charge on any atom is 0.248 e. The van der Waals surface area contributed by atoms with E-state index in [4.69, 9.17) is 4.52 Å². The van der Waals surface area contributed by atoms with Crippen LogP contribution in [-0.4, -0.2) is 30.7 Å². The SMILES string of the molecule is CC(C)(C)NCc1cn(Cc2nc(C(C)(C)C)no2)nn1. The summed E-state index contributed by atoms with van der Waals surface area (Å²) in [6.07, 6.45) is 1.89. The summed E-state index contributed by atoms with van der Waals surface area (Å²) in [5, 5.41) is 15.6. The fraction of sp³-hybridized carbons (Fsp3) is 0.714. The van der Waals surface area contributed by atoms with E-state index in [0.29, 0.717) is 24.8 Å². The summed E-state index contributed by atoms with van der Waals surface area (Å²) < 4.78 is 6.96. The Morgan fingerprint density at radius 3 is 2.48 bits per heavy atom. The highest BCUT2D eigenvalue weighted by Gasteiger charge is 2.21. The molecule has 0 fully saturated rings. The number of nitrogens with zero attached hydrogens (tertiary/aromatic N) is 5. The first-order valence-electron chi connectivity index (χ1n) is 7.10. The molecule has 116 valence electrons. The predicted molar refractivity (Wildman–Crippen MR) is 78.7 cm³/mol. The summed E-state index contributed by atoms with van der Waals surface area (Å²) in [6, 6.07) is 0. The van der Waals surface area contributed by atoms with E-state index in [1.165, 1.54) is 0 Å². The third kappa shape index (κ3) is 4.63. The standard InChI is InChI=1S/C14H24N6O/c1-13(2,3)12-16-11(21-18-12)9-20-8-10(17-19-20)7-15-14(4,5)6/h8,15H,7,9H2,1-6H3. The van der Waals surface area contributed by atoms with Crippen molar-refractivity contribution in [3.63, 3.8) is 0 Å². The Kier molecular flexibility index (Phi) is 4.13. The van der Waals surface area contributed by atoms with Gasteiger partial charge in [-0.2, -0.15) is 4.98 Å². The molecule has 0 atom stereocenters. The Morgan fingerprint density at radius 1 is 1.19 bits per heavy atom. The third-order valence-electron chi connectivity index (χ3n) is 2.82. The van der Waals surface area contributed by atoms with Crippen LogP contribution < -0.4 is 5.32 Å². The van der Waals surface area contributed by atoms with Crippen LogP contribution >= 0.6 is 0 Å². The molecule has 0 saturated heterocycles. The molecular formula is C14H24N6O. The second-order valence-corrected chi connectivity index (χ2v) is 7.27. The lowest BCUT2D eigenvalue weighted by Crippen LogP contribution is -2.35. The van der Waals surface area contributed by atoms with Gasteiger partial charge in [0, 0.05) is 17.5 Å². The van der Waals surface area contributed by atoms with Crippen molar-refractivity contribution in [2.24, 2.45) is 0 Å². The van der Waals surface area contributed by atoms with Gasteiger partial charge in [-0.1, -0.05) is 31.1 Å². The maximum atomic E-state index is 5.25. The number of hydrogen-bond acceptors (Lipinski definition) is 6. The molecule has 2 heterocycles. The van der Waals surface area contributed by atoms with Crippen molar-refractivity contribution in [1.29, 1.82) is 0 Å². The number of nitrogens with one attached hydrogen (secondary N) is 1. The highest BCUT2D eigenvalue weighted by molar-refractivity contribution is 5.00. The smallest absolute Gasteiger partial charge is 0.248 e.